The SMILES string of the molecule is CC(C)n1c(=O)c(=O)[nH]c2cc(-c3noc([C@H]4CC(=O)N(c5cccc(Cl)c5)C4)n3)ccc21. The third kappa shape index (κ3) is 3.74. The number of H-pyrrole nitrogens is 1. The Balaban J connectivity index is 1.45. The lowest BCUT2D eigenvalue weighted by molar-refractivity contribution is -0.117. The highest BCUT2D eigenvalue weighted by molar-refractivity contribution is 6.30. The Morgan fingerprint density at radius 1 is 1.15 bits per heavy atom. The van der Waals surface area contributed by atoms with Crippen LogP contribution >= 0.6 is 11.6 Å². The maximum absolute atomic E-state index is 12.6. The molecule has 33 heavy (non-hydrogen) atoms. The summed E-state index contributed by atoms with van der Waals surface area (Å²) in [7, 11) is 0. The number of hydrogen-bond acceptors (Lipinski definition) is 6. The van der Waals surface area contributed by atoms with Gasteiger partial charge in [0.15, 0.2) is 0 Å². The summed E-state index contributed by atoms with van der Waals surface area (Å²) >= 11 is 6.06. The molecule has 1 fully saturated rings. The standard InChI is InChI=1S/C23H20ClN5O4/c1-12(2)29-18-7-6-13(8-17(18)25-21(31)23(29)32)20-26-22(33-27-20)14-9-19(30)28(11-14)16-5-3-4-15(24)10-16/h3-8,10,12,14H,9,11H2,1-2H3,(H,25,31)/t14-/m0/s1. The number of benzene rings is 2. The fourth-order valence-electron chi connectivity index (χ4n) is 4.18. The minimum Gasteiger partial charge on any atom is -0.339 e. The van der Waals surface area contributed by atoms with Crippen molar-refractivity contribution >= 4 is 34.2 Å². The van der Waals surface area contributed by atoms with Gasteiger partial charge in [0.05, 0.1) is 17.0 Å². The maximum atomic E-state index is 12.6. The lowest BCUT2D eigenvalue weighted by Gasteiger charge is -2.16. The Bertz CT molecular complexity index is 1500. The molecule has 168 valence electrons. The number of aromatic amines is 1. The number of amides is 1. The molecule has 1 N–H and O–H groups in total. The lowest BCUT2D eigenvalue weighted by atomic mass is 10.1. The molecule has 0 bridgehead atoms. The second kappa shape index (κ2) is 8.00. The molecule has 9 nitrogen and oxygen atoms in total. The summed E-state index contributed by atoms with van der Waals surface area (Å²) < 4.78 is 6.94. The molecule has 0 radical (unpaired) electrons. The number of nitrogens with one attached hydrogen (secondary N) is 1. The van der Waals surface area contributed by atoms with Crippen molar-refractivity contribution in [1.29, 1.82) is 0 Å². The van der Waals surface area contributed by atoms with E-state index >= 15 is 0 Å². The van der Waals surface area contributed by atoms with Gasteiger partial charge in [-0.15, -0.1) is 0 Å². The van der Waals surface area contributed by atoms with Crippen LogP contribution in [0, 0.1) is 0 Å². The van der Waals surface area contributed by atoms with E-state index in [-0.39, 0.29) is 24.3 Å². The average molecular weight is 466 g/mol. The highest BCUT2D eigenvalue weighted by atomic mass is 35.5. The van der Waals surface area contributed by atoms with Crippen molar-refractivity contribution in [3.05, 3.63) is 74.1 Å². The summed E-state index contributed by atoms with van der Waals surface area (Å²) in [5, 5.41) is 4.63. The molecule has 1 aliphatic heterocycles. The van der Waals surface area contributed by atoms with E-state index in [9.17, 15) is 14.4 Å². The van der Waals surface area contributed by atoms with Gasteiger partial charge in [-0.25, -0.2) is 0 Å². The molecule has 0 spiro atoms. The van der Waals surface area contributed by atoms with Crippen LogP contribution in [0.1, 0.15) is 38.1 Å². The van der Waals surface area contributed by atoms with Gasteiger partial charge in [-0.2, -0.15) is 4.98 Å². The molecule has 4 aromatic rings. The van der Waals surface area contributed by atoms with Crippen LogP contribution < -0.4 is 16.0 Å². The molecular formula is C23H20ClN5O4. The van der Waals surface area contributed by atoms with Gasteiger partial charge in [0.25, 0.3) is 0 Å². The average Bonchev–Trinajstić information content (AvgIpc) is 3.41. The first kappa shape index (κ1) is 21.1. The second-order valence-corrected chi connectivity index (χ2v) is 8.73. The largest absolute Gasteiger partial charge is 0.339 e. The van der Waals surface area contributed by atoms with Crippen molar-refractivity contribution in [1.82, 2.24) is 19.7 Å². The summed E-state index contributed by atoms with van der Waals surface area (Å²) in [6, 6.07) is 12.2. The van der Waals surface area contributed by atoms with E-state index < -0.39 is 11.1 Å². The summed E-state index contributed by atoms with van der Waals surface area (Å²) in [4.78, 5) is 45.7. The zero-order valence-electron chi connectivity index (χ0n) is 17.9. The predicted molar refractivity (Wildman–Crippen MR) is 124 cm³/mol. The molecule has 2 aromatic heterocycles. The van der Waals surface area contributed by atoms with Gasteiger partial charge in [-0.05, 0) is 50.2 Å². The molecule has 3 heterocycles. The zero-order chi connectivity index (χ0) is 23.3. The van der Waals surface area contributed by atoms with E-state index in [2.05, 4.69) is 15.1 Å². The number of carbonyl (C=O) groups is 1. The van der Waals surface area contributed by atoms with Crippen LogP contribution in [0.4, 0.5) is 5.69 Å². The van der Waals surface area contributed by atoms with E-state index in [4.69, 9.17) is 16.1 Å². The quantitative estimate of drug-likeness (QED) is 0.461. The first-order chi connectivity index (χ1) is 15.8. The Morgan fingerprint density at radius 3 is 2.73 bits per heavy atom. The fourth-order valence-corrected chi connectivity index (χ4v) is 4.36. The van der Waals surface area contributed by atoms with Gasteiger partial charge < -0.3 is 14.4 Å². The van der Waals surface area contributed by atoms with Crippen molar-refractivity contribution in [3.8, 4) is 11.4 Å². The summed E-state index contributed by atoms with van der Waals surface area (Å²) in [6.45, 7) is 4.09. The van der Waals surface area contributed by atoms with E-state index in [1.807, 2.05) is 19.9 Å². The van der Waals surface area contributed by atoms with E-state index in [1.165, 1.54) is 4.57 Å². The molecule has 0 unspecified atom stereocenters. The summed E-state index contributed by atoms with van der Waals surface area (Å²) in [6.07, 6.45) is 0.250. The van der Waals surface area contributed by atoms with Gasteiger partial charge >= 0.3 is 11.1 Å². The lowest BCUT2D eigenvalue weighted by Crippen LogP contribution is -2.37. The van der Waals surface area contributed by atoms with Crippen LogP contribution in [0.25, 0.3) is 22.4 Å². The highest BCUT2D eigenvalue weighted by Gasteiger charge is 2.35. The van der Waals surface area contributed by atoms with Crippen molar-refractivity contribution in [2.24, 2.45) is 0 Å². The van der Waals surface area contributed by atoms with Gasteiger partial charge in [-0.1, -0.05) is 22.8 Å². The number of aromatic nitrogens is 4. The number of anilines is 1. The van der Waals surface area contributed by atoms with Gasteiger partial charge in [-0.3, -0.25) is 19.0 Å². The highest BCUT2D eigenvalue weighted by Crippen LogP contribution is 2.33. The molecule has 2 aromatic carbocycles. The van der Waals surface area contributed by atoms with Crippen LogP contribution in [-0.2, 0) is 4.79 Å². The Labute approximate surface area is 192 Å². The monoisotopic (exact) mass is 465 g/mol. The topological polar surface area (TPSA) is 114 Å². The van der Waals surface area contributed by atoms with E-state index in [1.54, 1.807) is 41.3 Å². The fraction of sp³-hybridized carbons (Fsp3) is 0.261. The van der Waals surface area contributed by atoms with Gasteiger partial charge in [0.2, 0.25) is 17.6 Å². The second-order valence-electron chi connectivity index (χ2n) is 8.30. The van der Waals surface area contributed by atoms with Crippen molar-refractivity contribution < 1.29 is 9.32 Å². The van der Waals surface area contributed by atoms with Crippen LogP contribution in [-0.4, -0.2) is 32.1 Å². The maximum Gasteiger partial charge on any atom is 0.316 e. The predicted octanol–water partition coefficient (Wildman–Crippen LogP) is 3.49. The summed E-state index contributed by atoms with van der Waals surface area (Å²) in [5.41, 5.74) is 1.18. The Hall–Kier alpha value is -3.72. The molecule has 1 atom stereocenters. The number of halogens is 1. The van der Waals surface area contributed by atoms with Crippen LogP contribution in [0.3, 0.4) is 0 Å². The minimum absolute atomic E-state index is 0.0445. The molecule has 5 rings (SSSR count). The first-order valence-corrected chi connectivity index (χ1v) is 10.9. The Morgan fingerprint density at radius 2 is 1.97 bits per heavy atom. The summed E-state index contributed by atoms with van der Waals surface area (Å²) in [5.74, 6) is 0.411. The van der Waals surface area contributed by atoms with Crippen LogP contribution in [0.5, 0.6) is 0 Å². The number of rotatable bonds is 4. The van der Waals surface area contributed by atoms with E-state index in [0.717, 1.165) is 5.69 Å². The molecule has 1 amide bonds. The molecule has 1 aliphatic rings. The molecule has 1 saturated heterocycles. The Kier molecular flexibility index (Phi) is 5.13. The van der Waals surface area contributed by atoms with E-state index in [0.29, 0.717) is 39.9 Å². The van der Waals surface area contributed by atoms with Gasteiger partial charge in [0.1, 0.15) is 0 Å². The van der Waals surface area contributed by atoms with Crippen LogP contribution in [0.15, 0.2) is 56.6 Å². The first-order valence-electron chi connectivity index (χ1n) is 10.5. The third-order valence-electron chi connectivity index (χ3n) is 5.73. The molecule has 0 aliphatic carbocycles. The number of nitrogens with zero attached hydrogens (tertiary/aromatic N) is 4. The zero-order valence-corrected chi connectivity index (χ0v) is 18.7. The number of carbonyl (C=O) groups excluding carboxylic acids is 1. The van der Waals surface area contributed by atoms with Crippen molar-refractivity contribution in [2.75, 3.05) is 11.4 Å². The van der Waals surface area contributed by atoms with Crippen molar-refractivity contribution in [2.45, 2.75) is 32.2 Å². The molecule has 10 heteroatoms. The minimum atomic E-state index is -0.687. The van der Waals surface area contributed by atoms with Crippen molar-refractivity contribution in [3.63, 3.8) is 0 Å². The number of hydrogen-bond donors (Lipinski definition) is 1. The normalized spacial score (nSPS) is 16.3. The van der Waals surface area contributed by atoms with Gasteiger partial charge in [0, 0.05) is 35.3 Å². The molecule has 0 saturated carbocycles. The molecular weight excluding hydrogens is 446 g/mol. The smallest absolute Gasteiger partial charge is 0.316 e. The van der Waals surface area contributed by atoms with Crippen LogP contribution in [0.2, 0.25) is 5.02 Å². The third-order valence-corrected chi connectivity index (χ3v) is 5.96. The number of fused-ring (bicyclic) bond motifs is 1.